The molecular weight excluding hydrogens is 353 g/mol. The molecule has 1 N–H and O–H groups in total. The van der Waals surface area contributed by atoms with Crippen molar-refractivity contribution >= 4 is 45.8 Å². The predicted octanol–water partition coefficient (Wildman–Crippen LogP) is 5.07. The number of nitrogens with zero attached hydrogens (tertiary/aromatic N) is 2. The Bertz CT molecular complexity index is 879. The van der Waals surface area contributed by atoms with Gasteiger partial charge in [0.25, 0.3) is 5.91 Å². The monoisotopic (exact) mass is 363 g/mol. The summed E-state index contributed by atoms with van der Waals surface area (Å²) in [6.45, 7) is 1.83. The highest BCUT2D eigenvalue weighted by molar-refractivity contribution is 7.10. The molecule has 0 bridgehead atoms. The molecule has 2 aromatic carbocycles. The topological polar surface area (TPSA) is 54.9 Å². The summed E-state index contributed by atoms with van der Waals surface area (Å²) < 4.78 is 4.25. The van der Waals surface area contributed by atoms with Crippen molar-refractivity contribution in [2.75, 3.05) is 5.32 Å². The smallest absolute Gasteiger partial charge is 0.257 e. The van der Waals surface area contributed by atoms with Gasteiger partial charge in [-0.3, -0.25) is 10.1 Å². The van der Waals surface area contributed by atoms with Crippen LogP contribution in [-0.4, -0.2) is 15.3 Å². The molecule has 0 atom stereocenters. The van der Waals surface area contributed by atoms with Crippen LogP contribution in [0.2, 0.25) is 10.0 Å². The predicted molar refractivity (Wildman–Crippen MR) is 94.5 cm³/mol. The maximum absolute atomic E-state index is 12.3. The number of nitrogens with one attached hydrogen (secondary N) is 1. The molecule has 116 valence electrons. The molecule has 7 heteroatoms. The van der Waals surface area contributed by atoms with Gasteiger partial charge in [-0.05, 0) is 42.8 Å². The average Bonchev–Trinajstić information content (AvgIpc) is 2.95. The fourth-order valence-corrected chi connectivity index (χ4v) is 3.07. The first-order valence-electron chi connectivity index (χ1n) is 6.70. The van der Waals surface area contributed by atoms with Crippen LogP contribution in [-0.2, 0) is 0 Å². The third-order valence-electron chi connectivity index (χ3n) is 3.16. The highest BCUT2D eigenvalue weighted by Gasteiger charge is 2.13. The second-order valence-electron chi connectivity index (χ2n) is 4.85. The van der Waals surface area contributed by atoms with Crippen LogP contribution >= 0.6 is 34.7 Å². The van der Waals surface area contributed by atoms with Crippen LogP contribution in [0.15, 0.2) is 42.5 Å². The van der Waals surface area contributed by atoms with Crippen molar-refractivity contribution in [1.29, 1.82) is 0 Å². The van der Waals surface area contributed by atoms with Gasteiger partial charge in [0.05, 0.1) is 0 Å². The summed E-state index contributed by atoms with van der Waals surface area (Å²) >= 11 is 13.0. The average molecular weight is 364 g/mol. The number of aromatic nitrogens is 2. The quantitative estimate of drug-likeness (QED) is 0.706. The Morgan fingerprint density at radius 3 is 2.65 bits per heavy atom. The Labute approximate surface area is 147 Å². The van der Waals surface area contributed by atoms with Crippen molar-refractivity contribution in [3.63, 3.8) is 0 Å². The van der Waals surface area contributed by atoms with Crippen molar-refractivity contribution in [2.45, 2.75) is 6.92 Å². The molecule has 1 heterocycles. The summed E-state index contributed by atoms with van der Waals surface area (Å²) in [5.74, 6) is 0.286. The molecule has 0 radical (unpaired) electrons. The second-order valence-corrected chi connectivity index (χ2v) is 6.47. The van der Waals surface area contributed by atoms with Gasteiger partial charge < -0.3 is 0 Å². The van der Waals surface area contributed by atoms with Crippen molar-refractivity contribution in [1.82, 2.24) is 9.36 Å². The molecule has 0 fully saturated rings. The van der Waals surface area contributed by atoms with Crippen LogP contribution in [0.4, 0.5) is 5.13 Å². The first-order valence-corrected chi connectivity index (χ1v) is 8.23. The van der Waals surface area contributed by atoms with Gasteiger partial charge in [0.15, 0.2) is 5.82 Å². The van der Waals surface area contributed by atoms with Gasteiger partial charge in [0, 0.05) is 32.7 Å². The summed E-state index contributed by atoms with van der Waals surface area (Å²) in [7, 11) is 0. The van der Waals surface area contributed by atoms with Crippen molar-refractivity contribution in [3.8, 4) is 11.4 Å². The molecule has 0 saturated heterocycles. The molecule has 3 aromatic rings. The van der Waals surface area contributed by atoms with E-state index in [2.05, 4.69) is 14.7 Å². The SMILES string of the molecule is Cc1cc(Cl)ccc1C(=O)Nc1nc(-c2cccc(Cl)c2)ns1. The molecule has 1 amide bonds. The Morgan fingerprint density at radius 2 is 1.91 bits per heavy atom. The third kappa shape index (κ3) is 3.69. The minimum absolute atomic E-state index is 0.243. The zero-order chi connectivity index (χ0) is 16.4. The van der Waals surface area contributed by atoms with Gasteiger partial charge in [-0.1, -0.05) is 35.3 Å². The van der Waals surface area contributed by atoms with Gasteiger partial charge >= 0.3 is 0 Å². The lowest BCUT2D eigenvalue weighted by atomic mass is 10.1. The second kappa shape index (κ2) is 6.66. The van der Waals surface area contributed by atoms with Gasteiger partial charge in [0.1, 0.15) is 0 Å². The normalized spacial score (nSPS) is 10.6. The van der Waals surface area contributed by atoms with Gasteiger partial charge in [-0.2, -0.15) is 9.36 Å². The number of aryl methyl sites for hydroxylation is 1. The Balaban J connectivity index is 1.80. The van der Waals surface area contributed by atoms with E-state index >= 15 is 0 Å². The number of rotatable bonds is 3. The van der Waals surface area contributed by atoms with Crippen LogP contribution in [0.25, 0.3) is 11.4 Å². The number of carbonyl (C=O) groups excluding carboxylic acids is 1. The van der Waals surface area contributed by atoms with Crippen LogP contribution in [0.1, 0.15) is 15.9 Å². The lowest BCUT2D eigenvalue weighted by Crippen LogP contribution is -2.13. The number of hydrogen-bond acceptors (Lipinski definition) is 4. The van der Waals surface area contributed by atoms with E-state index in [0.717, 1.165) is 22.7 Å². The summed E-state index contributed by atoms with van der Waals surface area (Å²) in [6.07, 6.45) is 0. The van der Waals surface area contributed by atoms with E-state index in [4.69, 9.17) is 23.2 Å². The molecule has 23 heavy (non-hydrogen) atoms. The molecule has 0 saturated carbocycles. The first-order chi connectivity index (χ1) is 11.0. The van der Waals surface area contributed by atoms with E-state index in [1.165, 1.54) is 0 Å². The van der Waals surface area contributed by atoms with E-state index in [9.17, 15) is 4.79 Å². The molecule has 1 aromatic heterocycles. The fourth-order valence-electron chi connectivity index (χ4n) is 2.07. The van der Waals surface area contributed by atoms with Gasteiger partial charge in [0.2, 0.25) is 5.13 Å². The minimum Gasteiger partial charge on any atom is -0.297 e. The molecular formula is C16H11Cl2N3OS. The minimum atomic E-state index is -0.243. The first kappa shape index (κ1) is 15.9. The Morgan fingerprint density at radius 1 is 1.13 bits per heavy atom. The number of hydrogen-bond donors (Lipinski definition) is 1. The molecule has 0 unspecified atom stereocenters. The van der Waals surface area contributed by atoms with Crippen molar-refractivity contribution < 1.29 is 4.79 Å². The van der Waals surface area contributed by atoms with E-state index < -0.39 is 0 Å². The maximum Gasteiger partial charge on any atom is 0.257 e. The van der Waals surface area contributed by atoms with Crippen LogP contribution < -0.4 is 5.32 Å². The number of anilines is 1. The largest absolute Gasteiger partial charge is 0.297 e. The summed E-state index contributed by atoms with van der Waals surface area (Å²) in [6, 6.07) is 12.4. The van der Waals surface area contributed by atoms with E-state index in [1.54, 1.807) is 30.3 Å². The van der Waals surface area contributed by atoms with Gasteiger partial charge in [-0.15, -0.1) is 0 Å². The number of benzene rings is 2. The van der Waals surface area contributed by atoms with Crippen molar-refractivity contribution in [2.24, 2.45) is 0 Å². The maximum atomic E-state index is 12.3. The Kier molecular flexibility index (Phi) is 4.61. The highest BCUT2D eigenvalue weighted by atomic mass is 35.5. The van der Waals surface area contributed by atoms with Crippen LogP contribution in [0.5, 0.6) is 0 Å². The number of carbonyl (C=O) groups is 1. The van der Waals surface area contributed by atoms with E-state index in [-0.39, 0.29) is 5.91 Å². The molecule has 0 aliphatic carbocycles. The van der Waals surface area contributed by atoms with Crippen molar-refractivity contribution in [3.05, 3.63) is 63.6 Å². The number of halogens is 2. The summed E-state index contributed by atoms with van der Waals surface area (Å²) in [5.41, 5.74) is 2.15. The lowest BCUT2D eigenvalue weighted by molar-refractivity contribution is 0.102. The lowest BCUT2D eigenvalue weighted by Gasteiger charge is -2.05. The summed E-state index contributed by atoms with van der Waals surface area (Å²) in [5, 5.41) is 4.39. The highest BCUT2D eigenvalue weighted by Crippen LogP contribution is 2.24. The zero-order valence-corrected chi connectivity index (χ0v) is 14.3. The number of amides is 1. The molecule has 0 aliphatic heterocycles. The summed E-state index contributed by atoms with van der Waals surface area (Å²) in [4.78, 5) is 16.6. The third-order valence-corrected chi connectivity index (χ3v) is 4.26. The fraction of sp³-hybridized carbons (Fsp3) is 0.0625. The van der Waals surface area contributed by atoms with Gasteiger partial charge in [-0.25, -0.2) is 0 Å². The standard InChI is InChI=1S/C16H11Cl2N3OS/c1-9-7-12(18)5-6-13(9)15(22)20-16-19-14(21-23-16)10-3-2-4-11(17)8-10/h2-8H,1H3,(H,19,20,21,22). The Hall–Kier alpha value is -1.95. The molecule has 0 spiro atoms. The molecule has 4 nitrogen and oxygen atoms in total. The molecule has 0 aliphatic rings. The van der Waals surface area contributed by atoms with E-state index in [0.29, 0.717) is 26.6 Å². The zero-order valence-electron chi connectivity index (χ0n) is 12.0. The molecule has 3 rings (SSSR count). The van der Waals surface area contributed by atoms with Crippen LogP contribution in [0.3, 0.4) is 0 Å². The van der Waals surface area contributed by atoms with E-state index in [1.807, 2.05) is 19.1 Å². The van der Waals surface area contributed by atoms with Crippen LogP contribution in [0, 0.1) is 6.92 Å².